The summed E-state index contributed by atoms with van der Waals surface area (Å²) in [6, 6.07) is -1.12. The standard InChI is InChI=1S/C10H16F4N2O3/c1-5(2)6(7(17)18)3-15-9(19)16-4-10(13,14)8(11)12/h5-6,8H,3-4H2,1-2H3,(H,17,18)(H2,15,16,19). The Labute approximate surface area is 107 Å². The van der Waals surface area contributed by atoms with Gasteiger partial charge in [-0.3, -0.25) is 4.79 Å². The molecule has 0 aliphatic heterocycles. The van der Waals surface area contributed by atoms with Crippen LogP contribution >= 0.6 is 0 Å². The number of carboxylic acid groups (broad SMARTS) is 1. The number of urea groups is 1. The van der Waals surface area contributed by atoms with Crippen molar-refractivity contribution in [3.8, 4) is 0 Å². The average Bonchev–Trinajstić information content (AvgIpc) is 2.25. The maximum atomic E-state index is 12.5. The number of hydrogen-bond acceptors (Lipinski definition) is 2. The SMILES string of the molecule is CC(C)C(CNC(=O)NCC(F)(F)C(F)F)C(=O)O. The number of halogens is 4. The summed E-state index contributed by atoms with van der Waals surface area (Å²) in [4.78, 5) is 21.8. The van der Waals surface area contributed by atoms with Crippen LogP contribution in [0.25, 0.3) is 0 Å². The normalized spacial score (nSPS) is 13.5. The van der Waals surface area contributed by atoms with E-state index >= 15 is 0 Å². The van der Waals surface area contributed by atoms with E-state index in [1.807, 2.05) is 5.32 Å². The number of nitrogens with one attached hydrogen (secondary N) is 2. The molecule has 0 saturated heterocycles. The third-order valence-corrected chi connectivity index (χ3v) is 2.41. The number of hydrogen-bond donors (Lipinski definition) is 3. The lowest BCUT2D eigenvalue weighted by atomic mass is 9.96. The van der Waals surface area contributed by atoms with Gasteiger partial charge in [0, 0.05) is 6.54 Å². The van der Waals surface area contributed by atoms with Crippen LogP contribution in [0.3, 0.4) is 0 Å². The maximum absolute atomic E-state index is 12.5. The summed E-state index contributed by atoms with van der Waals surface area (Å²) < 4.78 is 48.5. The molecular formula is C10H16F4N2O3. The lowest BCUT2D eigenvalue weighted by Gasteiger charge is -2.19. The zero-order valence-electron chi connectivity index (χ0n) is 10.4. The zero-order valence-corrected chi connectivity index (χ0v) is 10.4. The summed E-state index contributed by atoms with van der Waals surface area (Å²) in [5.74, 6) is -6.63. The van der Waals surface area contributed by atoms with Crippen molar-refractivity contribution in [2.24, 2.45) is 11.8 Å². The van der Waals surface area contributed by atoms with Crippen molar-refractivity contribution in [2.75, 3.05) is 13.1 Å². The van der Waals surface area contributed by atoms with Gasteiger partial charge in [0.05, 0.1) is 12.5 Å². The molecule has 0 rings (SSSR count). The second-order valence-electron chi connectivity index (χ2n) is 4.31. The Kier molecular flexibility index (Phi) is 6.57. The summed E-state index contributed by atoms with van der Waals surface area (Å²) in [5.41, 5.74) is 0. The number of carbonyl (C=O) groups is 2. The summed E-state index contributed by atoms with van der Waals surface area (Å²) in [6.07, 6.45) is -3.88. The third kappa shape index (κ3) is 6.25. The topological polar surface area (TPSA) is 78.4 Å². The summed E-state index contributed by atoms with van der Waals surface area (Å²) in [6.45, 7) is 1.43. The number of rotatable bonds is 7. The van der Waals surface area contributed by atoms with Gasteiger partial charge in [0.25, 0.3) is 0 Å². The van der Waals surface area contributed by atoms with Crippen LogP contribution in [-0.4, -0.2) is 42.5 Å². The van der Waals surface area contributed by atoms with Crippen molar-refractivity contribution in [3.05, 3.63) is 0 Å². The van der Waals surface area contributed by atoms with Crippen molar-refractivity contribution >= 4 is 12.0 Å². The van der Waals surface area contributed by atoms with Crippen LogP contribution in [-0.2, 0) is 4.79 Å². The molecule has 0 bridgehead atoms. The number of aliphatic carboxylic acids is 1. The molecule has 5 nitrogen and oxygen atoms in total. The molecule has 3 N–H and O–H groups in total. The molecule has 0 radical (unpaired) electrons. The van der Waals surface area contributed by atoms with Crippen molar-refractivity contribution in [1.29, 1.82) is 0 Å². The van der Waals surface area contributed by atoms with Gasteiger partial charge in [-0.1, -0.05) is 13.8 Å². The third-order valence-electron chi connectivity index (χ3n) is 2.41. The number of carbonyl (C=O) groups excluding carboxylic acids is 1. The Morgan fingerprint density at radius 2 is 1.74 bits per heavy atom. The molecule has 0 fully saturated rings. The zero-order chi connectivity index (χ0) is 15.2. The van der Waals surface area contributed by atoms with Crippen LogP contribution in [0.4, 0.5) is 22.4 Å². The van der Waals surface area contributed by atoms with Crippen LogP contribution in [0.2, 0.25) is 0 Å². The quantitative estimate of drug-likeness (QED) is 0.622. The number of carboxylic acids is 1. The highest BCUT2D eigenvalue weighted by molar-refractivity contribution is 5.76. The molecule has 0 aromatic carbocycles. The molecule has 0 aromatic heterocycles. The lowest BCUT2D eigenvalue weighted by Crippen LogP contribution is -2.47. The highest BCUT2D eigenvalue weighted by atomic mass is 19.3. The summed E-state index contributed by atoms with van der Waals surface area (Å²) in [5, 5.41) is 12.4. The molecule has 19 heavy (non-hydrogen) atoms. The van der Waals surface area contributed by atoms with Crippen LogP contribution in [0.5, 0.6) is 0 Å². The molecule has 0 aromatic rings. The highest BCUT2D eigenvalue weighted by Crippen LogP contribution is 2.21. The first-order valence-corrected chi connectivity index (χ1v) is 5.48. The van der Waals surface area contributed by atoms with E-state index in [1.54, 1.807) is 19.2 Å². The van der Waals surface area contributed by atoms with Crippen molar-refractivity contribution in [3.63, 3.8) is 0 Å². The fourth-order valence-electron chi connectivity index (χ4n) is 1.15. The second-order valence-corrected chi connectivity index (χ2v) is 4.31. The lowest BCUT2D eigenvalue weighted by molar-refractivity contribution is -0.142. The minimum atomic E-state index is -4.32. The fraction of sp³-hybridized carbons (Fsp3) is 0.800. The molecule has 2 amide bonds. The molecule has 0 aliphatic carbocycles. The smallest absolute Gasteiger partial charge is 0.324 e. The molecule has 1 atom stereocenters. The van der Waals surface area contributed by atoms with Crippen LogP contribution in [0.1, 0.15) is 13.8 Å². The Hall–Kier alpha value is -1.54. The van der Waals surface area contributed by atoms with Crippen molar-refractivity contribution < 1.29 is 32.3 Å². The van der Waals surface area contributed by atoms with Gasteiger partial charge in [0.15, 0.2) is 0 Å². The molecule has 0 aliphatic rings. The second kappa shape index (κ2) is 7.15. The van der Waals surface area contributed by atoms with E-state index in [9.17, 15) is 27.2 Å². The summed E-state index contributed by atoms with van der Waals surface area (Å²) in [7, 11) is 0. The van der Waals surface area contributed by atoms with Crippen molar-refractivity contribution in [2.45, 2.75) is 26.2 Å². The van der Waals surface area contributed by atoms with Gasteiger partial charge < -0.3 is 15.7 Å². The van der Waals surface area contributed by atoms with Crippen LogP contribution in [0, 0.1) is 11.8 Å². The molecular weight excluding hydrogens is 272 g/mol. The Morgan fingerprint density at radius 1 is 1.21 bits per heavy atom. The Bertz CT molecular complexity index is 324. The van der Waals surface area contributed by atoms with E-state index in [4.69, 9.17) is 5.11 Å². The van der Waals surface area contributed by atoms with Gasteiger partial charge in [-0.15, -0.1) is 0 Å². The monoisotopic (exact) mass is 288 g/mol. The van der Waals surface area contributed by atoms with E-state index in [0.29, 0.717) is 0 Å². The van der Waals surface area contributed by atoms with Crippen LogP contribution in [0.15, 0.2) is 0 Å². The van der Waals surface area contributed by atoms with E-state index in [0.717, 1.165) is 0 Å². The minimum absolute atomic E-state index is 0.277. The largest absolute Gasteiger partial charge is 0.481 e. The molecule has 112 valence electrons. The Balaban J connectivity index is 4.16. The van der Waals surface area contributed by atoms with E-state index in [1.165, 1.54) is 0 Å². The molecule has 0 heterocycles. The molecule has 9 heteroatoms. The number of amides is 2. The predicted molar refractivity (Wildman–Crippen MR) is 58.3 cm³/mol. The number of alkyl halides is 4. The van der Waals surface area contributed by atoms with Gasteiger partial charge in [0.1, 0.15) is 0 Å². The Morgan fingerprint density at radius 3 is 2.11 bits per heavy atom. The van der Waals surface area contributed by atoms with E-state index < -0.39 is 36.8 Å². The first-order valence-electron chi connectivity index (χ1n) is 5.48. The summed E-state index contributed by atoms with van der Waals surface area (Å²) >= 11 is 0. The van der Waals surface area contributed by atoms with Gasteiger partial charge in [-0.05, 0) is 5.92 Å². The highest BCUT2D eigenvalue weighted by Gasteiger charge is 2.40. The molecule has 0 spiro atoms. The maximum Gasteiger partial charge on any atom is 0.324 e. The van der Waals surface area contributed by atoms with Gasteiger partial charge in [-0.2, -0.15) is 8.78 Å². The van der Waals surface area contributed by atoms with Crippen LogP contribution < -0.4 is 10.6 Å². The van der Waals surface area contributed by atoms with Gasteiger partial charge in [0.2, 0.25) is 0 Å². The average molecular weight is 288 g/mol. The van der Waals surface area contributed by atoms with Gasteiger partial charge in [-0.25, -0.2) is 13.6 Å². The van der Waals surface area contributed by atoms with Gasteiger partial charge >= 0.3 is 24.3 Å². The fourth-order valence-corrected chi connectivity index (χ4v) is 1.15. The van der Waals surface area contributed by atoms with E-state index in [2.05, 4.69) is 0 Å². The van der Waals surface area contributed by atoms with E-state index in [-0.39, 0.29) is 12.5 Å². The predicted octanol–water partition coefficient (Wildman–Crippen LogP) is 1.54. The minimum Gasteiger partial charge on any atom is -0.481 e. The first-order chi connectivity index (χ1) is 8.58. The first kappa shape index (κ1) is 17.5. The molecule has 1 unspecified atom stereocenters. The molecule has 0 saturated carbocycles. The van der Waals surface area contributed by atoms with Crippen molar-refractivity contribution in [1.82, 2.24) is 10.6 Å².